The average molecular weight is 229 g/mol. The standard InChI is InChI=1S/C12H11N3O2/c1-9(16)14-15-11(17)7-8-13-12(15)10-5-3-2-4-6-10/h2-8H,1H3,(H,14,16). The normalized spacial score (nSPS) is 9.94. The van der Waals surface area contributed by atoms with Crippen molar-refractivity contribution in [2.24, 2.45) is 0 Å². The minimum Gasteiger partial charge on any atom is -0.274 e. The van der Waals surface area contributed by atoms with Gasteiger partial charge in [-0.2, -0.15) is 4.68 Å². The van der Waals surface area contributed by atoms with Crippen molar-refractivity contribution in [1.29, 1.82) is 0 Å². The number of aromatic nitrogens is 2. The Morgan fingerprint density at radius 1 is 1.24 bits per heavy atom. The molecule has 1 heterocycles. The predicted molar refractivity (Wildman–Crippen MR) is 64.0 cm³/mol. The highest BCUT2D eigenvalue weighted by Gasteiger charge is 2.07. The average Bonchev–Trinajstić information content (AvgIpc) is 2.32. The van der Waals surface area contributed by atoms with Crippen molar-refractivity contribution < 1.29 is 4.79 Å². The number of nitrogens with zero attached hydrogens (tertiary/aromatic N) is 2. The van der Waals surface area contributed by atoms with Crippen molar-refractivity contribution in [1.82, 2.24) is 9.66 Å². The number of amides is 1. The number of rotatable bonds is 2. The van der Waals surface area contributed by atoms with Gasteiger partial charge in [-0.3, -0.25) is 15.0 Å². The van der Waals surface area contributed by atoms with E-state index in [1.54, 1.807) is 0 Å². The SMILES string of the molecule is CC(=O)Nn1c(-c2ccccc2)nccc1=O. The third-order valence-corrected chi connectivity index (χ3v) is 2.15. The Kier molecular flexibility index (Phi) is 3.00. The van der Waals surface area contributed by atoms with Gasteiger partial charge in [0, 0.05) is 24.8 Å². The topological polar surface area (TPSA) is 64.0 Å². The van der Waals surface area contributed by atoms with Crippen LogP contribution >= 0.6 is 0 Å². The summed E-state index contributed by atoms with van der Waals surface area (Å²) in [6, 6.07) is 10.5. The first-order valence-corrected chi connectivity index (χ1v) is 5.09. The third kappa shape index (κ3) is 2.39. The molecular weight excluding hydrogens is 218 g/mol. The fourth-order valence-electron chi connectivity index (χ4n) is 1.46. The number of nitrogens with one attached hydrogen (secondary N) is 1. The molecule has 5 heteroatoms. The second-order valence-corrected chi connectivity index (χ2v) is 3.48. The molecule has 1 N–H and O–H groups in total. The van der Waals surface area contributed by atoms with E-state index in [9.17, 15) is 9.59 Å². The van der Waals surface area contributed by atoms with Crippen LogP contribution in [0.3, 0.4) is 0 Å². The van der Waals surface area contributed by atoms with E-state index in [4.69, 9.17) is 0 Å². The quantitative estimate of drug-likeness (QED) is 0.835. The summed E-state index contributed by atoms with van der Waals surface area (Å²) in [4.78, 5) is 26.8. The molecule has 0 bridgehead atoms. The van der Waals surface area contributed by atoms with Crippen LogP contribution in [0.4, 0.5) is 0 Å². The highest BCUT2D eigenvalue weighted by molar-refractivity contribution is 5.81. The minimum atomic E-state index is -0.325. The lowest BCUT2D eigenvalue weighted by atomic mass is 10.2. The zero-order valence-electron chi connectivity index (χ0n) is 9.25. The predicted octanol–water partition coefficient (Wildman–Crippen LogP) is 1.00. The smallest absolute Gasteiger partial charge is 0.272 e. The van der Waals surface area contributed by atoms with Crippen molar-refractivity contribution in [3.63, 3.8) is 0 Å². The van der Waals surface area contributed by atoms with Crippen LogP contribution in [-0.2, 0) is 4.79 Å². The molecule has 17 heavy (non-hydrogen) atoms. The van der Waals surface area contributed by atoms with Crippen molar-refractivity contribution >= 4 is 5.91 Å². The van der Waals surface area contributed by atoms with Gasteiger partial charge in [0.05, 0.1) is 0 Å². The molecule has 0 radical (unpaired) electrons. The monoisotopic (exact) mass is 229 g/mol. The van der Waals surface area contributed by atoms with E-state index in [1.165, 1.54) is 19.2 Å². The lowest BCUT2D eigenvalue weighted by molar-refractivity contribution is -0.115. The van der Waals surface area contributed by atoms with Crippen LogP contribution in [0.25, 0.3) is 11.4 Å². The van der Waals surface area contributed by atoms with Gasteiger partial charge in [0.2, 0.25) is 5.91 Å². The van der Waals surface area contributed by atoms with Gasteiger partial charge >= 0.3 is 0 Å². The molecule has 2 aromatic rings. The molecule has 0 aliphatic carbocycles. The Morgan fingerprint density at radius 2 is 1.94 bits per heavy atom. The molecular formula is C12H11N3O2. The van der Waals surface area contributed by atoms with Gasteiger partial charge in [0.25, 0.3) is 5.56 Å². The second kappa shape index (κ2) is 4.61. The fraction of sp³-hybridized carbons (Fsp3) is 0.0833. The first-order valence-electron chi connectivity index (χ1n) is 5.09. The summed E-state index contributed by atoms with van der Waals surface area (Å²) in [5.74, 6) is 0.0885. The Labute approximate surface area is 97.7 Å². The summed E-state index contributed by atoms with van der Waals surface area (Å²) in [6.45, 7) is 1.34. The van der Waals surface area contributed by atoms with E-state index < -0.39 is 0 Å². The maximum atomic E-state index is 11.7. The van der Waals surface area contributed by atoms with Gasteiger partial charge in [-0.25, -0.2) is 4.98 Å². The van der Waals surface area contributed by atoms with Crippen molar-refractivity contribution in [2.75, 3.05) is 5.43 Å². The highest BCUT2D eigenvalue weighted by Crippen LogP contribution is 2.13. The fourth-order valence-corrected chi connectivity index (χ4v) is 1.46. The second-order valence-electron chi connectivity index (χ2n) is 3.48. The Morgan fingerprint density at radius 3 is 2.59 bits per heavy atom. The number of hydrogen-bond donors (Lipinski definition) is 1. The van der Waals surface area contributed by atoms with E-state index in [0.717, 1.165) is 10.2 Å². The van der Waals surface area contributed by atoms with Crippen LogP contribution in [0.15, 0.2) is 47.4 Å². The number of benzene rings is 1. The van der Waals surface area contributed by atoms with E-state index in [0.29, 0.717) is 5.82 Å². The van der Waals surface area contributed by atoms with Gasteiger partial charge in [-0.05, 0) is 0 Å². The van der Waals surface area contributed by atoms with Crippen LogP contribution in [0, 0.1) is 0 Å². The maximum absolute atomic E-state index is 11.7. The lowest BCUT2D eigenvalue weighted by Gasteiger charge is -2.10. The largest absolute Gasteiger partial charge is 0.274 e. The summed E-state index contributed by atoms with van der Waals surface area (Å²) in [6.07, 6.45) is 1.42. The summed E-state index contributed by atoms with van der Waals surface area (Å²) >= 11 is 0. The van der Waals surface area contributed by atoms with Gasteiger partial charge in [-0.15, -0.1) is 0 Å². The van der Waals surface area contributed by atoms with Crippen molar-refractivity contribution in [2.45, 2.75) is 6.92 Å². The molecule has 0 fully saturated rings. The summed E-state index contributed by atoms with van der Waals surface area (Å²) in [5.41, 5.74) is 2.88. The Bertz CT molecular complexity index is 590. The van der Waals surface area contributed by atoms with Gasteiger partial charge < -0.3 is 0 Å². The highest BCUT2D eigenvalue weighted by atomic mass is 16.2. The zero-order chi connectivity index (χ0) is 12.3. The molecule has 0 saturated heterocycles. The number of carbonyl (C=O) groups excluding carboxylic acids is 1. The molecule has 0 aliphatic rings. The molecule has 0 spiro atoms. The van der Waals surface area contributed by atoms with Crippen molar-refractivity contribution in [3.05, 3.63) is 52.9 Å². The first-order chi connectivity index (χ1) is 8.18. The molecule has 2 rings (SSSR count). The van der Waals surface area contributed by atoms with Crippen LogP contribution in [0.1, 0.15) is 6.92 Å². The van der Waals surface area contributed by atoms with E-state index in [2.05, 4.69) is 10.4 Å². The van der Waals surface area contributed by atoms with E-state index in [1.807, 2.05) is 30.3 Å². The van der Waals surface area contributed by atoms with Crippen molar-refractivity contribution in [3.8, 4) is 11.4 Å². The van der Waals surface area contributed by atoms with E-state index in [-0.39, 0.29) is 11.5 Å². The lowest BCUT2D eigenvalue weighted by Crippen LogP contribution is -2.33. The Hall–Kier alpha value is -2.43. The summed E-state index contributed by atoms with van der Waals surface area (Å²) in [5, 5.41) is 0. The number of hydrogen-bond acceptors (Lipinski definition) is 3. The number of carbonyl (C=O) groups is 1. The zero-order valence-corrected chi connectivity index (χ0v) is 9.25. The van der Waals surface area contributed by atoms with Crippen LogP contribution in [0.5, 0.6) is 0 Å². The molecule has 1 aromatic carbocycles. The molecule has 0 aliphatic heterocycles. The third-order valence-electron chi connectivity index (χ3n) is 2.15. The molecule has 1 amide bonds. The van der Waals surface area contributed by atoms with Crippen LogP contribution in [-0.4, -0.2) is 15.6 Å². The first kappa shape index (κ1) is 11.1. The van der Waals surface area contributed by atoms with Gasteiger partial charge in [0.1, 0.15) is 0 Å². The Balaban J connectivity index is 2.58. The molecule has 0 saturated carbocycles. The van der Waals surface area contributed by atoms with Gasteiger partial charge in [0.15, 0.2) is 5.82 Å². The van der Waals surface area contributed by atoms with Gasteiger partial charge in [-0.1, -0.05) is 30.3 Å². The molecule has 1 aromatic heterocycles. The summed E-state index contributed by atoms with van der Waals surface area (Å²) in [7, 11) is 0. The van der Waals surface area contributed by atoms with E-state index >= 15 is 0 Å². The summed E-state index contributed by atoms with van der Waals surface area (Å²) < 4.78 is 1.14. The molecule has 5 nitrogen and oxygen atoms in total. The molecule has 0 atom stereocenters. The molecule has 86 valence electrons. The van der Waals surface area contributed by atoms with Crippen LogP contribution in [0.2, 0.25) is 0 Å². The maximum Gasteiger partial charge on any atom is 0.272 e. The minimum absolute atomic E-state index is 0.322. The molecule has 0 unspecified atom stereocenters. The van der Waals surface area contributed by atoms with Crippen LogP contribution < -0.4 is 11.0 Å².